The van der Waals surface area contributed by atoms with Gasteiger partial charge in [0, 0.05) is 25.2 Å². The van der Waals surface area contributed by atoms with Crippen LogP contribution in [0.1, 0.15) is 53.6 Å². The topological polar surface area (TPSA) is 231 Å². The zero-order valence-corrected chi connectivity index (χ0v) is 22.9. The van der Waals surface area contributed by atoms with Gasteiger partial charge in [-0.3, -0.25) is 19.2 Å². The molecule has 0 atom stereocenters. The minimum atomic E-state index is -1.08. The molecule has 0 radical (unpaired) electrons. The molecule has 15 nitrogen and oxygen atoms in total. The maximum absolute atomic E-state index is 14.4. The summed E-state index contributed by atoms with van der Waals surface area (Å²) in [6.45, 7) is 1.39. The van der Waals surface area contributed by atoms with E-state index in [9.17, 15) is 38.3 Å². The van der Waals surface area contributed by atoms with Crippen molar-refractivity contribution in [3.63, 3.8) is 0 Å². The highest BCUT2D eigenvalue weighted by Gasteiger charge is 2.21. The van der Waals surface area contributed by atoms with Gasteiger partial charge < -0.3 is 26.8 Å². The van der Waals surface area contributed by atoms with Crippen molar-refractivity contribution < 1.29 is 23.9 Å². The van der Waals surface area contributed by atoms with Gasteiger partial charge in [-0.1, -0.05) is 18.2 Å². The lowest BCUT2D eigenvalue weighted by molar-refractivity contribution is 0.0695. The third kappa shape index (κ3) is 5.63. The van der Waals surface area contributed by atoms with Gasteiger partial charge in [0.25, 0.3) is 28.4 Å². The molecule has 0 aliphatic rings. The van der Waals surface area contributed by atoms with E-state index in [-0.39, 0.29) is 59.3 Å². The number of nitrogens with one attached hydrogen (secondary N) is 4. The fourth-order valence-electron chi connectivity index (χ4n) is 4.46. The summed E-state index contributed by atoms with van der Waals surface area (Å²) in [5.41, 5.74) is 4.21. The van der Waals surface area contributed by atoms with Crippen LogP contribution in [0.2, 0.25) is 0 Å². The molecule has 0 fully saturated rings. The molecule has 0 saturated heterocycles. The normalized spacial score (nSPS) is 11.0. The number of aromatic carboxylic acids is 1. The number of carboxylic acid groups (broad SMARTS) is 1. The van der Waals surface area contributed by atoms with E-state index in [0.717, 1.165) is 10.5 Å². The number of nitrogen functional groups attached to an aromatic ring is 1. The molecule has 2 aromatic heterocycles. The Hall–Kier alpha value is -6.19. The number of carbonyl (C=O) groups is 3. The number of rotatable bonds is 10. The van der Waals surface area contributed by atoms with Crippen molar-refractivity contribution in [3.8, 4) is 0 Å². The molecule has 2 amide bonds. The lowest BCUT2D eigenvalue weighted by Gasteiger charge is -2.12. The molecule has 0 aliphatic carbocycles. The first-order valence-electron chi connectivity index (χ1n) is 12.9. The maximum Gasteiger partial charge on any atom is 0.349 e. The van der Waals surface area contributed by atoms with Crippen molar-refractivity contribution in [1.29, 1.82) is 0 Å². The maximum atomic E-state index is 14.4. The van der Waals surface area contributed by atoms with E-state index in [1.165, 1.54) is 24.3 Å². The smallest absolute Gasteiger partial charge is 0.349 e. The number of nitrogens with zero attached hydrogens (tertiary/aromatic N) is 3. The number of aryl methyl sites for hydroxylation is 1. The summed E-state index contributed by atoms with van der Waals surface area (Å²) in [7, 11) is 0. The lowest BCUT2D eigenvalue weighted by Crippen LogP contribution is -2.37. The number of aromatic amines is 1. The van der Waals surface area contributed by atoms with Gasteiger partial charge in [-0.25, -0.2) is 28.5 Å². The van der Waals surface area contributed by atoms with Crippen LogP contribution in [-0.4, -0.2) is 42.5 Å². The number of anilines is 2. The van der Waals surface area contributed by atoms with E-state index >= 15 is 0 Å². The Morgan fingerprint density at radius 2 is 1.64 bits per heavy atom. The Morgan fingerprint density at radius 1 is 0.955 bits per heavy atom. The summed E-state index contributed by atoms with van der Waals surface area (Å²) in [5.74, 6) is -3.36. The predicted molar refractivity (Wildman–Crippen MR) is 154 cm³/mol. The highest BCUT2D eigenvalue weighted by atomic mass is 19.1. The number of halogens is 1. The number of fused-ring (bicyclic) bond motifs is 1. The third-order valence-corrected chi connectivity index (χ3v) is 6.80. The molecule has 16 heteroatoms. The van der Waals surface area contributed by atoms with Crippen molar-refractivity contribution >= 4 is 34.9 Å². The largest absolute Gasteiger partial charge is 0.478 e. The number of H-pyrrole nitrogens is 1. The fraction of sp³-hybridized carbons (Fsp3) is 0.143. The number of benzene rings is 2. The second-order valence-corrected chi connectivity index (χ2v) is 9.74. The Labute approximate surface area is 245 Å². The summed E-state index contributed by atoms with van der Waals surface area (Å²) in [6, 6.07) is 9.71. The highest BCUT2D eigenvalue weighted by Crippen LogP contribution is 2.16. The first-order chi connectivity index (χ1) is 20.9. The lowest BCUT2D eigenvalue weighted by atomic mass is 10.1. The summed E-state index contributed by atoms with van der Waals surface area (Å²) in [4.78, 5) is 76.6. The number of carboxylic acids is 1. The Bertz CT molecular complexity index is 2110. The van der Waals surface area contributed by atoms with Gasteiger partial charge in [-0.05, 0) is 47.9 Å². The second-order valence-electron chi connectivity index (χ2n) is 9.74. The molecule has 0 spiro atoms. The molecule has 224 valence electrons. The number of hydrogen-bond acceptors (Lipinski definition) is 10. The van der Waals surface area contributed by atoms with Gasteiger partial charge in [-0.15, -0.1) is 5.10 Å². The molecule has 0 bridgehead atoms. The highest BCUT2D eigenvalue weighted by molar-refractivity contribution is 5.98. The summed E-state index contributed by atoms with van der Waals surface area (Å²) < 4.78 is 15.2. The third-order valence-electron chi connectivity index (χ3n) is 6.80. The molecule has 0 unspecified atom stereocenters. The van der Waals surface area contributed by atoms with E-state index in [1.807, 2.05) is 0 Å². The van der Waals surface area contributed by atoms with E-state index in [2.05, 4.69) is 31.1 Å². The molecule has 0 saturated carbocycles. The van der Waals surface area contributed by atoms with Gasteiger partial charge in [-0.2, -0.15) is 0 Å². The molecular weight excluding hydrogens is 579 g/mol. The monoisotopic (exact) mass is 602 g/mol. The van der Waals surface area contributed by atoms with Crippen molar-refractivity contribution in [2.24, 2.45) is 0 Å². The summed E-state index contributed by atoms with van der Waals surface area (Å²) in [6.07, 6.45) is 0. The molecule has 7 N–H and O–H groups in total. The number of amides is 2. The average Bonchev–Trinajstić information content (AvgIpc) is 3.39. The van der Waals surface area contributed by atoms with Crippen LogP contribution < -0.4 is 38.2 Å². The van der Waals surface area contributed by atoms with Crippen molar-refractivity contribution in [1.82, 2.24) is 30.2 Å². The minimum absolute atomic E-state index is 0.00633. The van der Waals surface area contributed by atoms with Crippen molar-refractivity contribution in [2.75, 3.05) is 11.1 Å². The second kappa shape index (κ2) is 11.6. The first-order valence-corrected chi connectivity index (χ1v) is 12.9. The van der Waals surface area contributed by atoms with Gasteiger partial charge in [0.1, 0.15) is 28.6 Å². The van der Waals surface area contributed by atoms with Crippen LogP contribution in [-0.2, 0) is 19.6 Å². The zero-order valence-electron chi connectivity index (χ0n) is 22.9. The van der Waals surface area contributed by atoms with Gasteiger partial charge in [0.15, 0.2) is 0 Å². The van der Waals surface area contributed by atoms with Crippen LogP contribution in [0.5, 0.6) is 0 Å². The van der Waals surface area contributed by atoms with Crippen LogP contribution >= 0.6 is 0 Å². The number of carbonyl (C=O) groups excluding carboxylic acids is 2. The number of hydrogen-bond donors (Lipinski definition) is 6. The molecule has 5 aromatic rings. The Kier molecular flexibility index (Phi) is 7.72. The molecule has 2 heterocycles. The fourth-order valence-corrected chi connectivity index (χ4v) is 4.46. The summed E-state index contributed by atoms with van der Waals surface area (Å²) in [5, 5.41) is 23.0. The Balaban J connectivity index is 1.30. The van der Waals surface area contributed by atoms with Gasteiger partial charge in [0.2, 0.25) is 0 Å². The zero-order chi connectivity index (χ0) is 31.7. The standard InChI is InChI=1S/C28H23FN8O7/c1-12-6-13(2-4-16(12)26(42)43)9-33-25(41)19-8-18(34-27-35-36-28(44)37(19)27)24(40)32-10-14-3-5-17(29)15(7-14)11-31-21-20(30)22(38)23(21)39/h2-8,31H,9-11,30H2,1H3,(H,32,40)(H,33,41)(H,36,44)(H,42,43). The first kappa shape index (κ1) is 29.3. The van der Waals surface area contributed by atoms with Crippen LogP contribution in [0.3, 0.4) is 0 Å². The van der Waals surface area contributed by atoms with Crippen LogP contribution in [0.25, 0.3) is 5.78 Å². The number of nitrogens with two attached hydrogens (primary N) is 1. The SMILES string of the molecule is Cc1cc(CNC(=O)c2cc(C(=O)NCc3ccc(F)c(CNc4c(N)c(=O)c4=O)c3)nc3n[nH]c(=O)n23)ccc1C(=O)O. The van der Waals surface area contributed by atoms with Gasteiger partial charge >= 0.3 is 11.7 Å². The van der Waals surface area contributed by atoms with Crippen LogP contribution in [0, 0.1) is 12.7 Å². The predicted octanol–water partition coefficient (Wildman–Crippen LogP) is 0.214. The van der Waals surface area contributed by atoms with E-state index in [1.54, 1.807) is 19.1 Å². The quantitative estimate of drug-likeness (QED) is 0.118. The molecule has 3 aromatic carbocycles. The van der Waals surface area contributed by atoms with Crippen LogP contribution in [0.15, 0.2) is 56.8 Å². The Morgan fingerprint density at radius 3 is 2.32 bits per heavy atom. The van der Waals surface area contributed by atoms with Crippen LogP contribution in [0.4, 0.5) is 15.8 Å². The van der Waals surface area contributed by atoms with Gasteiger partial charge in [0.05, 0.1) is 5.56 Å². The summed E-state index contributed by atoms with van der Waals surface area (Å²) >= 11 is 0. The molecular formula is C28H23FN8O7. The molecule has 44 heavy (non-hydrogen) atoms. The van der Waals surface area contributed by atoms with E-state index < -0.39 is 40.1 Å². The van der Waals surface area contributed by atoms with Crippen molar-refractivity contribution in [3.05, 3.63) is 118 Å². The number of aromatic nitrogens is 4. The van der Waals surface area contributed by atoms with E-state index in [4.69, 9.17) is 5.73 Å². The van der Waals surface area contributed by atoms with E-state index in [0.29, 0.717) is 16.7 Å². The molecule has 5 rings (SSSR count). The van der Waals surface area contributed by atoms with Crippen molar-refractivity contribution in [2.45, 2.75) is 26.6 Å². The minimum Gasteiger partial charge on any atom is -0.478 e. The molecule has 0 aliphatic heterocycles. The average molecular weight is 603 g/mol.